The summed E-state index contributed by atoms with van der Waals surface area (Å²) >= 11 is 0. The molecule has 0 aromatic carbocycles. The average Bonchev–Trinajstić information content (AvgIpc) is 3.00. The van der Waals surface area contributed by atoms with Crippen molar-refractivity contribution >= 4 is 5.91 Å². The van der Waals surface area contributed by atoms with E-state index in [9.17, 15) is 4.79 Å². The SMILES string of the molecule is CCN(C(=O)CNC(C)C1CCCO1)C1CC1. The summed E-state index contributed by atoms with van der Waals surface area (Å²) in [6.07, 6.45) is 4.91. The number of nitrogens with one attached hydrogen (secondary N) is 1. The molecule has 1 aliphatic heterocycles. The first-order valence-electron chi connectivity index (χ1n) is 6.86. The number of carbonyl (C=O) groups excluding carboxylic acids is 1. The Bertz CT molecular complexity index is 260. The van der Waals surface area contributed by atoms with Gasteiger partial charge in [0.15, 0.2) is 0 Å². The summed E-state index contributed by atoms with van der Waals surface area (Å²) in [5, 5.41) is 3.31. The summed E-state index contributed by atoms with van der Waals surface area (Å²) in [7, 11) is 0. The molecule has 4 heteroatoms. The van der Waals surface area contributed by atoms with Crippen LogP contribution in [0.1, 0.15) is 39.5 Å². The van der Waals surface area contributed by atoms with Gasteiger partial charge in [0.2, 0.25) is 5.91 Å². The summed E-state index contributed by atoms with van der Waals surface area (Å²) in [6.45, 7) is 6.31. The van der Waals surface area contributed by atoms with Crippen LogP contribution in [0, 0.1) is 0 Å². The molecule has 98 valence electrons. The molecular formula is C13H24N2O2. The van der Waals surface area contributed by atoms with E-state index >= 15 is 0 Å². The molecule has 1 heterocycles. The van der Waals surface area contributed by atoms with Crippen LogP contribution in [0.15, 0.2) is 0 Å². The van der Waals surface area contributed by atoms with E-state index in [4.69, 9.17) is 4.74 Å². The molecule has 0 spiro atoms. The summed E-state index contributed by atoms with van der Waals surface area (Å²) in [5.74, 6) is 0.236. The van der Waals surface area contributed by atoms with Gasteiger partial charge in [-0.05, 0) is 39.5 Å². The number of nitrogens with zero attached hydrogens (tertiary/aromatic N) is 1. The van der Waals surface area contributed by atoms with E-state index in [1.807, 2.05) is 4.90 Å². The molecule has 0 aromatic heterocycles. The van der Waals surface area contributed by atoms with Gasteiger partial charge < -0.3 is 15.0 Å². The normalized spacial score (nSPS) is 25.9. The Labute approximate surface area is 104 Å². The Kier molecular flexibility index (Phi) is 4.40. The van der Waals surface area contributed by atoms with Crippen LogP contribution in [-0.2, 0) is 9.53 Å². The predicted octanol–water partition coefficient (Wildman–Crippen LogP) is 1.15. The van der Waals surface area contributed by atoms with Crippen molar-refractivity contribution in [2.45, 2.75) is 57.7 Å². The minimum Gasteiger partial charge on any atom is -0.377 e. The first-order valence-corrected chi connectivity index (χ1v) is 6.86. The lowest BCUT2D eigenvalue weighted by atomic mass is 10.1. The minimum atomic E-state index is 0.236. The Balaban J connectivity index is 1.70. The van der Waals surface area contributed by atoms with Crippen LogP contribution in [0.5, 0.6) is 0 Å². The molecule has 2 atom stereocenters. The molecule has 0 aromatic rings. The standard InChI is InChI=1S/C13H24N2O2/c1-3-15(11-6-7-11)13(16)9-14-10(2)12-5-4-8-17-12/h10-12,14H,3-9H2,1-2H3. The minimum absolute atomic E-state index is 0.236. The summed E-state index contributed by atoms with van der Waals surface area (Å²) < 4.78 is 5.61. The topological polar surface area (TPSA) is 41.6 Å². The largest absolute Gasteiger partial charge is 0.377 e. The zero-order valence-electron chi connectivity index (χ0n) is 10.9. The number of ether oxygens (including phenoxy) is 1. The molecule has 1 amide bonds. The molecule has 0 radical (unpaired) electrons. The van der Waals surface area contributed by atoms with Gasteiger partial charge in [0.1, 0.15) is 0 Å². The van der Waals surface area contributed by atoms with Crippen LogP contribution < -0.4 is 5.32 Å². The second kappa shape index (κ2) is 5.83. The number of carbonyl (C=O) groups is 1. The Morgan fingerprint density at radius 3 is 2.76 bits per heavy atom. The summed E-state index contributed by atoms with van der Waals surface area (Å²) in [5.41, 5.74) is 0. The maximum Gasteiger partial charge on any atom is 0.236 e. The van der Waals surface area contributed by atoms with Gasteiger partial charge in [-0.1, -0.05) is 0 Å². The highest BCUT2D eigenvalue weighted by atomic mass is 16.5. The zero-order valence-corrected chi connectivity index (χ0v) is 10.9. The van der Waals surface area contributed by atoms with E-state index in [1.165, 1.54) is 12.8 Å². The fourth-order valence-corrected chi connectivity index (χ4v) is 2.50. The fourth-order valence-electron chi connectivity index (χ4n) is 2.50. The molecule has 2 unspecified atom stereocenters. The van der Waals surface area contributed by atoms with E-state index < -0.39 is 0 Å². The molecule has 0 bridgehead atoms. The third-order valence-corrected chi connectivity index (χ3v) is 3.75. The first kappa shape index (κ1) is 12.8. The van der Waals surface area contributed by atoms with E-state index in [-0.39, 0.29) is 11.9 Å². The summed E-state index contributed by atoms with van der Waals surface area (Å²) in [6, 6.07) is 0.798. The van der Waals surface area contributed by atoms with Crippen LogP contribution in [0.3, 0.4) is 0 Å². The fraction of sp³-hybridized carbons (Fsp3) is 0.923. The molecule has 4 nitrogen and oxygen atoms in total. The third kappa shape index (κ3) is 3.42. The maximum absolute atomic E-state index is 12.0. The number of likely N-dealkylation sites (N-methyl/N-ethyl adjacent to an activating group) is 1. The van der Waals surface area contributed by atoms with Crippen molar-refractivity contribution in [3.05, 3.63) is 0 Å². The third-order valence-electron chi connectivity index (χ3n) is 3.75. The van der Waals surface area contributed by atoms with E-state index in [1.54, 1.807) is 0 Å². The highest BCUT2D eigenvalue weighted by molar-refractivity contribution is 5.78. The smallest absolute Gasteiger partial charge is 0.236 e. The number of rotatable bonds is 6. The van der Waals surface area contributed by atoms with Gasteiger partial charge in [0, 0.05) is 25.2 Å². The molecule has 2 aliphatic rings. The van der Waals surface area contributed by atoms with Gasteiger partial charge in [-0.3, -0.25) is 4.79 Å². The zero-order chi connectivity index (χ0) is 12.3. The highest BCUT2D eigenvalue weighted by Crippen LogP contribution is 2.26. The van der Waals surface area contributed by atoms with Crippen LogP contribution in [0.25, 0.3) is 0 Å². The van der Waals surface area contributed by atoms with Crippen LogP contribution in [0.2, 0.25) is 0 Å². The van der Waals surface area contributed by atoms with Crippen molar-refractivity contribution in [3.8, 4) is 0 Å². The van der Waals surface area contributed by atoms with E-state index in [0.29, 0.717) is 18.7 Å². The van der Waals surface area contributed by atoms with Gasteiger partial charge in [0.25, 0.3) is 0 Å². The van der Waals surface area contributed by atoms with Crippen LogP contribution in [-0.4, -0.2) is 48.7 Å². The Morgan fingerprint density at radius 2 is 2.24 bits per heavy atom. The highest BCUT2D eigenvalue weighted by Gasteiger charge is 2.31. The van der Waals surface area contributed by atoms with Crippen molar-refractivity contribution < 1.29 is 9.53 Å². The van der Waals surface area contributed by atoms with Crippen molar-refractivity contribution in [1.82, 2.24) is 10.2 Å². The molecule has 1 aliphatic carbocycles. The molecule has 1 saturated carbocycles. The Morgan fingerprint density at radius 1 is 1.47 bits per heavy atom. The van der Waals surface area contributed by atoms with Gasteiger partial charge in [-0.25, -0.2) is 0 Å². The van der Waals surface area contributed by atoms with Crippen molar-refractivity contribution in [2.24, 2.45) is 0 Å². The monoisotopic (exact) mass is 240 g/mol. The predicted molar refractivity (Wildman–Crippen MR) is 66.8 cm³/mol. The van der Waals surface area contributed by atoms with Gasteiger partial charge in [-0.15, -0.1) is 0 Å². The number of amides is 1. The molecule has 2 fully saturated rings. The van der Waals surface area contributed by atoms with Gasteiger partial charge >= 0.3 is 0 Å². The average molecular weight is 240 g/mol. The van der Waals surface area contributed by atoms with Crippen LogP contribution >= 0.6 is 0 Å². The summed E-state index contributed by atoms with van der Waals surface area (Å²) in [4.78, 5) is 14.0. The second-order valence-electron chi connectivity index (χ2n) is 5.13. The lowest BCUT2D eigenvalue weighted by Gasteiger charge is -2.24. The Hall–Kier alpha value is -0.610. The number of hydrogen-bond donors (Lipinski definition) is 1. The first-order chi connectivity index (χ1) is 8.22. The number of hydrogen-bond acceptors (Lipinski definition) is 3. The lowest BCUT2D eigenvalue weighted by molar-refractivity contribution is -0.130. The maximum atomic E-state index is 12.0. The molecular weight excluding hydrogens is 216 g/mol. The molecule has 1 saturated heterocycles. The molecule has 17 heavy (non-hydrogen) atoms. The van der Waals surface area contributed by atoms with Crippen molar-refractivity contribution in [2.75, 3.05) is 19.7 Å². The quantitative estimate of drug-likeness (QED) is 0.757. The second-order valence-corrected chi connectivity index (χ2v) is 5.13. The van der Waals surface area contributed by atoms with E-state index in [2.05, 4.69) is 19.2 Å². The van der Waals surface area contributed by atoms with Gasteiger partial charge in [0.05, 0.1) is 12.6 Å². The lowest BCUT2D eigenvalue weighted by Crippen LogP contribution is -2.45. The van der Waals surface area contributed by atoms with Gasteiger partial charge in [-0.2, -0.15) is 0 Å². The van der Waals surface area contributed by atoms with E-state index in [0.717, 1.165) is 26.0 Å². The van der Waals surface area contributed by atoms with Crippen molar-refractivity contribution in [1.29, 1.82) is 0 Å². The molecule has 1 N–H and O–H groups in total. The van der Waals surface area contributed by atoms with Crippen LogP contribution in [0.4, 0.5) is 0 Å². The molecule has 2 rings (SSSR count). The van der Waals surface area contributed by atoms with Crippen molar-refractivity contribution in [3.63, 3.8) is 0 Å².